The van der Waals surface area contributed by atoms with Crippen molar-refractivity contribution in [3.05, 3.63) is 0 Å². The maximum Gasteiger partial charge on any atom is 0.407 e. The topological polar surface area (TPSA) is 47.6 Å². The molecule has 0 saturated heterocycles. The van der Waals surface area contributed by atoms with Crippen LogP contribution in [-0.2, 0) is 9.47 Å². The van der Waals surface area contributed by atoms with Gasteiger partial charge in [0.2, 0.25) is 0 Å². The maximum atomic E-state index is 11.2. The summed E-state index contributed by atoms with van der Waals surface area (Å²) in [6.45, 7) is 12.9. The van der Waals surface area contributed by atoms with E-state index in [1.807, 2.05) is 20.8 Å². The molecule has 16 heavy (non-hydrogen) atoms. The molecule has 0 aromatic carbocycles. The summed E-state index contributed by atoms with van der Waals surface area (Å²) in [7, 11) is 1.57. The second-order valence-electron chi connectivity index (χ2n) is 4.36. The molecule has 0 heterocycles. The summed E-state index contributed by atoms with van der Waals surface area (Å²) < 4.78 is 9.63. The summed E-state index contributed by atoms with van der Waals surface area (Å²) in [5.41, 5.74) is 0.0419. The standard InChI is InChI=1S/C10H21NO3.C2H6/c1-8(10(2,3)4)11-9(12)14-7-6-13-5;1-2/h8H,6-7H2,1-5H3,(H,11,12);1-2H3. The number of hydrogen-bond acceptors (Lipinski definition) is 3. The quantitative estimate of drug-likeness (QED) is 0.759. The van der Waals surface area contributed by atoms with Gasteiger partial charge in [0, 0.05) is 13.2 Å². The summed E-state index contributed by atoms with van der Waals surface area (Å²) >= 11 is 0. The number of amides is 1. The molecule has 4 heteroatoms. The average molecular weight is 233 g/mol. The van der Waals surface area contributed by atoms with Crippen LogP contribution in [0.5, 0.6) is 0 Å². The first kappa shape index (κ1) is 17.6. The molecule has 0 spiro atoms. The molecule has 0 aromatic heterocycles. The SMILES string of the molecule is CC.COCCOC(=O)NC(C)C(C)(C)C. The van der Waals surface area contributed by atoms with Gasteiger partial charge in [0.1, 0.15) is 6.61 Å². The second-order valence-corrected chi connectivity index (χ2v) is 4.36. The summed E-state index contributed by atoms with van der Waals surface area (Å²) in [6.07, 6.45) is -0.385. The summed E-state index contributed by atoms with van der Waals surface area (Å²) in [6, 6.07) is 0.0811. The number of carbonyl (C=O) groups excluding carboxylic acids is 1. The minimum absolute atomic E-state index is 0.0419. The molecule has 0 saturated carbocycles. The van der Waals surface area contributed by atoms with Crippen molar-refractivity contribution in [3.63, 3.8) is 0 Å². The van der Waals surface area contributed by atoms with Crippen LogP contribution >= 0.6 is 0 Å². The largest absolute Gasteiger partial charge is 0.447 e. The lowest BCUT2D eigenvalue weighted by Crippen LogP contribution is -2.41. The normalized spacial score (nSPS) is 12.2. The molecule has 0 aliphatic carbocycles. The molecule has 1 amide bonds. The highest BCUT2D eigenvalue weighted by Gasteiger charge is 2.21. The molecule has 98 valence electrons. The van der Waals surface area contributed by atoms with E-state index in [9.17, 15) is 4.79 Å². The number of hydrogen-bond donors (Lipinski definition) is 1. The van der Waals surface area contributed by atoms with Crippen molar-refractivity contribution in [1.82, 2.24) is 5.32 Å². The molecule has 0 bridgehead atoms. The number of rotatable bonds is 4. The zero-order valence-corrected chi connectivity index (χ0v) is 11.7. The fraction of sp³-hybridized carbons (Fsp3) is 0.917. The van der Waals surface area contributed by atoms with Crippen LogP contribution in [0.3, 0.4) is 0 Å². The van der Waals surface area contributed by atoms with Crippen LogP contribution in [-0.4, -0.2) is 32.5 Å². The fourth-order valence-corrected chi connectivity index (χ4v) is 0.653. The van der Waals surface area contributed by atoms with Gasteiger partial charge in [-0.1, -0.05) is 34.6 Å². The molecule has 1 N–H and O–H groups in total. The van der Waals surface area contributed by atoms with Crippen molar-refractivity contribution in [1.29, 1.82) is 0 Å². The summed E-state index contributed by atoms with van der Waals surface area (Å²) in [5.74, 6) is 0. The van der Waals surface area contributed by atoms with Crippen molar-refractivity contribution in [2.24, 2.45) is 5.41 Å². The first-order valence-electron chi connectivity index (χ1n) is 5.80. The van der Waals surface area contributed by atoms with E-state index in [0.29, 0.717) is 13.2 Å². The Balaban J connectivity index is 0. The lowest BCUT2D eigenvalue weighted by atomic mass is 9.88. The first-order chi connectivity index (χ1) is 7.38. The molecule has 0 aliphatic rings. The predicted octanol–water partition coefficient (Wildman–Crippen LogP) is 2.82. The Morgan fingerprint density at radius 3 is 2.12 bits per heavy atom. The van der Waals surface area contributed by atoms with Crippen molar-refractivity contribution >= 4 is 6.09 Å². The molecule has 1 unspecified atom stereocenters. The van der Waals surface area contributed by atoms with Gasteiger partial charge in [0.05, 0.1) is 6.61 Å². The number of ether oxygens (including phenoxy) is 2. The van der Waals surface area contributed by atoms with E-state index in [2.05, 4.69) is 26.1 Å². The third kappa shape index (κ3) is 9.77. The van der Waals surface area contributed by atoms with Crippen LogP contribution in [0.1, 0.15) is 41.5 Å². The lowest BCUT2D eigenvalue weighted by molar-refractivity contribution is 0.0929. The molecule has 0 aromatic rings. The number of methoxy groups -OCH3 is 1. The van der Waals surface area contributed by atoms with Crippen LogP contribution < -0.4 is 5.32 Å². The number of nitrogens with one attached hydrogen (secondary N) is 1. The van der Waals surface area contributed by atoms with Crippen LogP contribution in [0.25, 0.3) is 0 Å². The highest BCUT2D eigenvalue weighted by Crippen LogP contribution is 2.18. The van der Waals surface area contributed by atoms with E-state index in [4.69, 9.17) is 9.47 Å². The van der Waals surface area contributed by atoms with Crippen LogP contribution in [0.4, 0.5) is 4.79 Å². The van der Waals surface area contributed by atoms with E-state index in [1.165, 1.54) is 0 Å². The van der Waals surface area contributed by atoms with Gasteiger partial charge in [0.25, 0.3) is 0 Å². The molecule has 0 fully saturated rings. The molecule has 1 atom stereocenters. The Morgan fingerprint density at radius 1 is 1.25 bits per heavy atom. The average Bonchev–Trinajstić information content (AvgIpc) is 2.19. The molecule has 4 nitrogen and oxygen atoms in total. The predicted molar refractivity (Wildman–Crippen MR) is 66.6 cm³/mol. The van der Waals surface area contributed by atoms with Gasteiger partial charge in [0.15, 0.2) is 0 Å². The molecular formula is C12H27NO3. The summed E-state index contributed by atoms with van der Waals surface area (Å²) in [4.78, 5) is 11.2. The molecular weight excluding hydrogens is 206 g/mol. The van der Waals surface area contributed by atoms with E-state index in [0.717, 1.165) is 0 Å². The zero-order chi connectivity index (χ0) is 13.2. The minimum Gasteiger partial charge on any atom is -0.447 e. The third-order valence-electron chi connectivity index (χ3n) is 2.15. The van der Waals surface area contributed by atoms with Crippen LogP contribution in [0.2, 0.25) is 0 Å². The molecule has 0 radical (unpaired) electrons. The van der Waals surface area contributed by atoms with E-state index < -0.39 is 0 Å². The Hall–Kier alpha value is -0.770. The Bertz CT molecular complexity index is 176. The Labute approximate surface area is 99.7 Å². The number of alkyl carbamates (subject to hydrolysis) is 1. The Morgan fingerprint density at radius 2 is 1.75 bits per heavy atom. The molecule has 0 rings (SSSR count). The van der Waals surface area contributed by atoms with Gasteiger partial charge < -0.3 is 14.8 Å². The van der Waals surface area contributed by atoms with Gasteiger partial charge in [-0.15, -0.1) is 0 Å². The Kier molecular flexibility index (Phi) is 10.4. The second kappa shape index (κ2) is 9.46. The van der Waals surface area contributed by atoms with Gasteiger partial charge in [-0.2, -0.15) is 0 Å². The highest BCUT2D eigenvalue weighted by atomic mass is 16.6. The van der Waals surface area contributed by atoms with Gasteiger partial charge >= 0.3 is 6.09 Å². The minimum atomic E-state index is -0.385. The van der Waals surface area contributed by atoms with Gasteiger partial charge in [-0.25, -0.2) is 4.79 Å². The van der Waals surface area contributed by atoms with E-state index in [-0.39, 0.29) is 17.6 Å². The zero-order valence-electron chi connectivity index (χ0n) is 11.7. The monoisotopic (exact) mass is 233 g/mol. The van der Waals surface area contributed by atoms with E-state index in [1.54, 1.807) is 7.11 Å². The lowest BCUT2D eigenvalue weighted by Gasteiger charge is -2.27. The van der Waals surface area contributed by atoms with Crippen molar-refractivity contribution < 1.29 is 14.3 Å². The van der Waals surface area contributed by atoms with E-state index >= 15 is 0 Å². The highest BCUT2D eigenvalue weighted by molar-refractivity contribution is 5.67. The first-order valence-corrected chi connectivity index (χ1v) is 5.80. The van der Waals surface area contributed by atoms with Crippen LogP contribution in [0.15, 0.2) is 0 Å². The van der Waals surface area contributed by atoms with Crippen molar-refractivity contribution in [3.8, 4) is 0 Å². The van der Waals surface area contributed by atoms with Crippen molar-refractivity contribution in [2.75, 3.05) is 20.3 Å². The van der Waals surface area contributed by atoms with Gasteiger partial charge in [-0.3, -0.25) is 0 Å². The smallest absolute Gasteiger partial charge is 0.407 e. The van der Waals surface area contributed by atoms with Crippen molar-refractivity contribution in [2.45, 2.75) is 47.6 Å². The number of carbonyl (C=O) groups is 1. The molecule has 0 aliphatic heterocycles. The maximum absolute atomic E-state index is 11.2. The van der Waals surface area contributed by atoms with Crippen LogP contribution in [0, 0.1) is 5.41 Å². The van der Waals surface area contributed by atoms with Gasteiger partial charge in [-0.05, 0) is 12.3 Å². The summed E-state index contributed by atoms with van der Waals surface area (Å²) in [5, 5.41) is 2.76. The fourth-order valence-electron chi connectivity index (χ4n) is 0.653. The third-order valence-corrected chi connectivity index (χ3v) is 2.15.